The van der Waals surface area contributed by atoms with Crippen molar-refractivity contribution in [2.45, 2.75) is 25.7 Å². The van der Waals surface area contributed by atoms with Crippen molar-refractivity contribution in [1.29, 1.82) is 0 Å². The number of hydrogen-bond acceptors (Lipinski definition) is 4. The molecule has 0 spiro atoms. The van der Waals surface area contributed by atoms with Gasteiger partial charge in [0.05, 0.1) is 5.57 Å². The fourth-order valence-electron chi connectivity index (χ4n) is 3.91. The van der Waals surface area contributed by atoms with Gasteiger partial charge in [-0.2, -0.15) is 0 Å². The first-order valence-corrected chi connectivity index (χ1v) is 7.40. The summed E-state index contributed by atoms with van der Waals surface area (Å²) in [6.07, 6.45) is 4.39. The minimum absolute atomic E-state index is 0.129. The van der Waals surface area contributed by atoms with Crippen LogP contribution in [-0.2, 0) is 9.59 Å². The Labute approximate surface area is 125 Å². The first kappa shape index (κ1) is 15.5. The fourth-order valence-corrected chi connectivity index (χ4v) is 3.91. The molecule has 5 N–H and O–H groups in total. The maximum atomic E-state index is 11.7. The molecule has 2 saturated carbocycles. The van der Waals surface area contributed by atoms with Gasteiger partial charge in [-0.05, 0) is 43.4 Å². The standard InChI is InChI=1S/C15H24N4O2/c1-18-14(17)12(7-20)13(16)10-3-8-5-11(15(21)19-2)6-9(8)4-10/h7-11H,3-6,16H2,1-2H3,(H2,17,18)(H,19,21)/b13-12-. The number of amides is 1. The van der Waals surface area contributed by atoms with Gasteiger partial charge in [0, 0.05) is 25.7 Å². The van der Waals surface area contributed by atoms with Gasteiger partial charge in [0.2, 0.25) is 5.91 Å². The van der Waals surface area contributed by atoms with Crippen LogP contribution in [0.25, 0.3) is 0 Å². The Morgan fingerprint density at radius 1 is 1.14 bits per heavy atom. The van der Waals surface area contributed by atoms with Crippen LogP contribution in [0.15, 0.2) is 16.3 Å². The van der Waals surface area contributed by atoms with Gasteiger partial charge in [0.25, 0.3) is 0 Å². The average molecular weight is 292 g/mol. The molecule has 2 rings (SSSR count). The lowest BCUT2D eigenvalue weighted by molar-refractivity contribution is -0.124. The predicted octanol–water partition coefficient (Wildman–Crippen LogP) is 0.183. The molecule has 6 nitrogen and oxygen atoms in total. The lowest BCUT2D eigenvalue weighted by atomic mass is 9.93. The van der Waals surface area contributed by atoms with Crippen LogP contribution in [0.1, 0.15) is 25.7 Å². The zero-order valence-electron chi connectivity index (χ0n) is 12.6. The monoisotopic (exact) mass is 292 g/mol. The van der Waals surface area contributed by atoms with E-state index in [1.807, 2.05) is 0 Å². The third-order valence-corrected chi connectivity index (χ3v) is 5.02. The first-order valence-electron chi connectivity index (χ1n) is 7.40. The van der Waals surface area contributed by atoms with Crippen LogP contribution in [0.5, 0.6) is 0 Å². The summed E-state index contributed by atoms with van der Waals surface area (Å²) in [5.41, 5.74) is 12.7. The Morgan fingerprint density at radius 3 is 2.10 bits per heavy atom. The van der Waals surface area contributed by atoms with Crippen LogP contribution < -0.4 is 16.8 Å². The molecule has 0 aliphatic heterocycles. The Balaban J connectivity index is 2.07. The molecule has 2 aliphatic carbocycles. The number of hydrogen-bond donors (Lipinski definition) is 3. The molecule has 0 aromatic heterocycles. The van der Waals surface area contributed by atoms with E-state index in [1.165, 1.54) is 0 Å². The summed E-state index contributed by atoms with van der Waals surface area (Å²) >= 11 is 0. The number of carbonyl (C=O) groups is 2. The molecule has 2 unspecified atom stereocenters. The number of nitrogens with two attached hydrogens (primary N) is 2. The number of nitrogens with zero attached hydrogens (tertiary/aromatic N) is 1. The Kier molecular flexibility index (Phi) is 4.65. The molecule has 0 aromatic carbocycles. The van der Waals surface area contributed by atoms with Crippen molar-refractivity contribution in [2.24, 2.45) is 40.1 Å². The third-order valence-electron chi connectivity index (χ3n) is 5.02. The van der Waals surface area contributed by atoms with Crippen LogP contribution in [0.3, 0.4) is 0 Å². The summed E-state index contributed by atoms with van der Waals surface area (Å²) in [4.78, 5) is 26.7. The summed E-state index contributed by atoms with van der Waals surface area (Å²) in [6, 6.07) is 0. The molecule has 2 aliphatic rings. The topological polar surface area (TPSA) is 111 Å². The lowest BCUT2D eigenvalue weighted by Gasteiger charge is -2.16. The van der Waals surface area contributed by atoms with E-state index in [0.29, 0.717) is 29.4 Å². The highest BCUT2D eigenvalue weighted by molar-refractivity contribution is 6.13. The Bertz CT molecular complexity index is 484. The lowest BCUT2D eigenvalue weighted by Crippen LogP contribution is -2.27. The largest absolute Gasteiger partial charge is 0.401 e. The number of carbonyl (C=O) groups excluding carboxylic acids is 2. The van der Waals surface area contributed by atoms with Crippen molar-refractivity contribution in [3.8, 4) is 0 Å². The minimum Gasteiger partial charge on any atom is -0.401 e. The number of allylic oxidation sites excluding steroid dienone is 1. The van der Waals surface area contributed by atoms with Crippen molar-refractivity contribution >= 4 is 18.0 Å². The molecule has 0 bridgehead atoms. The van der Waals surface area contributed by atoms with Crippen molar-refractivity contribution in [2.75, 3.05) is 14.1 Å². The predicted molar refractivity (Wildman–Crippen MR) is 81.3 cm³/mol. The van der Waals surface area contributed by atoms with E-state index in [2.05, 4.69) is 10.3 Å². The van der Waals surface area contributed by atoms with Gasteiger partial charge in [-0.15, -0.1) is 0 Å². The molecule has 1 amide bonds. The van der Waals surface area contributed by atoms with E-state index < -0.39 is 0 Å². The van der Waals surface area contributed by atoms with E-state index in [0.717, 1.165) is 25.7 Å². The quantitative estimate of drug-likeness (QED) is 0.297. The summed E-state index contributed by atoms with van der Waals surface area (Å²) < 4.78 is 0. The highest BCUT2D eigenvalue weighted by Crippen LogP contribution is 2.50. The molecule has 0 heterocycles. The van der Waals surface area contributed by atoms with Crippen LogP contribution in [0.2, 0.25) is 0 Å². The molecule has 2 fully saturated rings. The molecule has 2 atom stereocenters. The highest BCUT2D eigenvalue weighted by atomic mass is 16.1. The second kappa shape index (κ2) is 6.28. The number of fused-ring (bicyclic) bond motifs is 1. The summed E-state index contributed by atoms with van der Waals surface area (Å²) in [5, 5.41) is 2.73. The third kappa shape index (κ3) is 2.94. The van der Waals surface area contributed by atoms with Gasteiger partial charge in [0.15, 0.2) is 6.29 Å². The SMILES string of the molecule is CN=C(N)/C(C=O)=C(\N)C1CC2CC(C(=O)NC)CC2C1. The van der Waals surface area contributed by atoms with E-state index in [-0.39, 0.29) is 23.6 Å². The molecule has 0 aromatic rings. The minimum atomic E-state index is 0.129. The van der Waals surface area contributed by atoms with Gasteiger partial charge in [-0.25, -0.2) is 0 Å². The van der Waals surface area contributed by atoms with Crippen LogP contribution in [-0.4, -0.2) is 32.1 Å². The van der Waals surface area contributed by atoms with Crippen molar-refractivity contribution in [3.63, 3.8) is 0 Å². The van der Waals surface area contributed by atoms with Gasteiger partial charge in [-0.1, -0.05) is 0 Å². The Morgan fingerprint density at radius 2 is 1.67 bits per heavy atom. The zero-order valence-corrected chi connectivity index (χ0v) is 12.6. The number of aliphatic imine (C=N–C) groups is 1. The van der Waals surface area contributed by atoms with E-state index >= 15 is 0 Å². The zero-order chi connectivity index (χ0) is 15.6. The maximum Gasteiger partial charge on any atom is 0.222 e. The smallest absolute Gasteiger partial charge is 0.222 e. The molecule has 6 heteroatoms. The molecule has 21 heavy (non-hydrogen) atoms. The number of aldehydes is 1. The number of rotatable bonds is 4. The van der Waals surface area contributed by atoms with Gasteiger partial charge < -0.3 is 16.8 Å². The Hall–Kier alpha value is -1.85. The number of nitrogens with one attached hydrogen (secondary N) is 1. The molecular formula is C15H24N4O2. The first-order chi connectivity index (χ1) is 10.0. The van der Waals surface area contributed by atoms with E-state index in [9.17, 15) is 9.59 Å². The van der Waals surface area contributed by atoms with Gasteiger partial charge in [-0.3, -0.25) is 14.6 Å². The summed E-state index contributed by atoms with van der Waals surface area (Å²) in [6.45, 7) is 0. The fraction of sp³-hybridized carbons (Fsp3) is 0.667. The molecular weight excluding hydrogens is 268 g/mol. The summed E-state index contributed by atoms with van der Waals surface area (Å²) in [7, 11) is 3.23. The number of amidine groups is 1. The van der Waals surface area contributed by atoms with Crippen LogP contribution in [0.4, 0.5) is 0 Å². The van der Waals surface area contributed by atoms with Crippen LogP contribution >= 0.6 is 0 Å². The normalized spacial score (nSPS) is 33.3. The molecule has 116 valence electrons. The van der Waals surface area contributed by atoms with Crippen molar-refractivity contribution < 1.29 is 9.59 Å². The molecule has 0 radical (unpaired) electrons. The van der Waals surface area contributed by atoms with Crippen molar-refractivity contribution in [1.82, 2.24) is 5.32 Å². The van der Waals surface area contributed by atoms with Crippen LogP contribution in [0, 0.1) is 23.7 Å². The highest BCUT2D eigenvalue weighted by Gasteiger charge is 2.44. The van der Waals surface area contributed by atoms with E-state index in [1.54, 1.807) is 14.1 Å². The summed E-state index contributed by atoms with van der Waals surface area (Å²) in [5.74, 6) is 1.67. The van der Waals surface area contributed by atoms with Gasteiger partial charge in [0.1, 0.15) is 5.84 Å². The maximum absolute atomic E-state index is 11.7. The average Bonchev–Trinajstić information content (AvgIpc) is 3.05. The van der Waals surface area contributed by atoms with Gasteiger partial charge >= 0.3 is 0 Å². The second-order valence-electron chi connectivity index (χ2n) is 6.07. The van der Waals surface area contributed by atoms with Crippen molar-refractivity contribution in [3.05, 3.63) is 11.3 Å². The molecule has 0 saturated heterocycles. The van der Waals surface area contributed by atoms with E-state index in [4.69, 9.17) is 11.5 Å². The second-order valence-corrected chi connectivity index (χ2v) is 6.07.